The van der Waals surface area contributed by atoms with E-state index in [4.69, 9.17) is 11.5 Å². The Morgan fingerprint density at radius 2 is 1.38 bits per heavy atom. The van der Waals surface area contributed by atoms with Gasteiger partial charge in [0.25, 0.3) is 0 Å². The maximum Gasteiger partial charge on any atom is 0.305 e. The summed E-state index contributed by atoms with van der Waals surface area (Å²) in [6.45, 7) is 6.33. The minimum absolute atomic E-state index is 0.00455. The second kappa shape index (κ2) is 32.2. The van der Waals surface area contributed by atoms with Gasteiger partial charge in [-0.1, -0.05) is 32.9 Å². The van der Waals surface area contributed by atoms with Gasteiger partial charge in [-0.05, 0) is 75.6 Å². The Labute approximate surface area is 433 Å². The third-order valence-electron chi connectivity index (χ3n) is 11.7. The number of hydrogen-bond donors (Lipinski definition) is 14. The number of ketones is 1. The number of Topliss-reactive ketones (excluding diaryl/α,β-unsaturated/α-hetero) is 1. The Morgan fingerprint density at radius 3 is 2.01 bits per heavy atom. The predicted octanol–water partition coefficient (Wildman–Crippen LogP) is -0.907. The number of rotatable bonds is 29. The van der Waals surface area contributed by atoms with Gasteiger partial charge in [0.15, 0.2) is 17.6 Å². The molecule has 25 nitrogen and oxygen atoms in total. The monoisotopic (exact) mass is 1060 g/mol. The summed E-state index contributed by atoms with van der Waals surface area (Å²) >= 11 is 1.13. The van der Waals surface area contributed by atoms with E-state index in [0.717, 1.165) is 18.2 Å². The number of aromatic hydroxyl groups is 3. The van der Waals surface area contributed by atoms with Crippen LogP contribution >= 0.6 is 11.8 Å². The lowest BCUT2D eigenvalue weighted by Crippen LogP contribution is -2.58. The first-order valence-corrected chi connectivity index (χ1v) is 25.7. The number of carbonyl (C=O) groups is 9. The van der Waals surface area contributed by atoms with Crippen LogP contribution in [-0.4, -0.2) is 153 Å². The smallest absolute Gasteiger partial charge is 0.305 e. The number of carboxylic acids is 1. The Balaban J connectivity index is 1.61. The van der Waals surface area contributed by atoms with Crippen molar-refractivity contribution in [3.8, 4) is 17.5 Å². The molecule has 0 bridgehead atoms. The number of phenolic OH excluding ortho intramolecular Hbond substituents is 1. The number of amides is 7. The average molecular weight is 1060 g/mol. The van der Waals surface area contributed by atoms with E-state index in [-0.39, 0.29) is 123 Å². The number of nitrogens with two attached hydrogens (primary N) is 2. The third-order valence-corrected chi connectivity index (χ3v) is 12.7. The highest BCUT2D eigenvalue weighted by Crippen LogP contribution is 2.36. The number of thioether (sulfide) groups is 1. The molecule has 1 aromatic carbocycles. The van der Waals surface area contributed by atoms with E-state index in [1.165, 1.54) is 34.9 Å². The number of aliphatic carboxylic acids is 1. The first kappa shape index (κ1) is 61.2. The van der Waals surface area contributed by atoms with Crippen LogP contribution in [0.5, 0.6) is 17.5 Å². The van der Waals surface area contributed by atoms with Crippen molar-refractivity contribution in [2.75, 3.05) is 38.5 Å². The topological polar surface area (TPSA) is 400 Å². The lowest BCUT2D eigenvalue weighted by molar-refractivity contribution is -0.141. The van der Waals surface area contributed by atoms with Crippen LogP contribution < -0.4 is 54.0 Å². The summed E-state index contributed by atoms with van der Waals surface area (Å²) in [4.78, 5) is 122. The maximum absolute atomic E-state index is 14.1. The minimum Gasteiger partial charge on any atom is -0.508 e. The van der Waals surface area contributed by atoms with E-state index in [2.05, 4.69) is 47.5 Å². The highest BCUT2D eigenvalue weighted by molar-refractivity contribution is 7.99. The van der Waals surface area contributed by atoms with Crippen LogP contribution in [0.4, 0.5) is 0 Å². The fourth-order valence-corrected chi connectivity index (χ4v) is 8.66. The molecule has 1 aliphatic heterocycles. The van der Waals surface area contributed by atoms with E-state index in [1.807, 2.05) is 20.8 Å². The van der Waals surface area contributed by atoms with E-state index in [9.17, 15) is 63.6 Å². The first-order chi connectivity index (χ1) is 35.2. The van der Waals surface area contributed by atoms with Crippen molar-refractivity contribution >= 4 is 70.8 Å². The number of carbonyl (C=O) groups excluding carboxylic acids is 8. The van der Waals surface area contributed by atoms with Crippen molar-refractivity contribution in [1.29, 1.82) is 0 Å². The van der Waals surface area contributed by atoms with Crippen molar-refractivity contribution in [1.82, 2.24) is 47.1 Å². The molecule has 2 aromatic rings. The Hall–Kier alpha value is -7.09. The molecule has 16 N–H and O–H groups in total. The number of guanidine groups is 1. The standard InChI is InChI=1S/C48H74N12O13S/c1-4-51-31(42(68)28(2)3)10-5-7-19-52-37(62)17-22-60-40(65)26-36(47(60)73)74-23-18-38(63)53-20-8-6-11-33-45(71)58-34(24-29-13-15-30(61)16-14-29)46(72)59-35(25-41(66)67)43(69)55-27-39(64)56-32(44(70)57-33)12-9-21-54-48(49)50/h13-16,26,28,31-35,51,61,65,73H,4-12,17-25,27H2,1-3H3,(H,52,62)(H,53,63)(H,55,69)(H,56,64)(H,57,70)(H,58,71)(H,59,72)(H,66,67)(H4,49,50,54). The van der Waals surface area contributed by atoms with Gasteiger partial charge in [0.05, 0.1) is 23.9 Å². The molecule has 1 aliphatic rings. The molecule has 0 radical (unpaired) electrons. The van der Waals surface area contributed by atoms with Crippen LogP contribution in [0.1, 0.15) is 97.0 Å². The quantitative estimate of drug-likeness (QED) is 0.0203. The van der Waals surface area contributed by atoms with Crippen LogP contribution in [0.25, 0.3) is 0 Å². The molecule has 7 amide bonds. The number of carboxylic acid groups (broad SMARTS) is 1. The van der Waals surface area contributed by atoms with E-state index in [1.54, 1.807) is 0 Å². The van der Waals surface area contributed by atoms with Gasteiger partial charge in [-0.25, -0.2) is 0 Å². The van der Waals surface area contributed by atoms with Gasteiger partial charge in [-0.15, -0.1) is 11.8 Å². The van der Waals surface area contributed by atoms with Crippen LogP contribution in [0, 0.1) is 5.92 Å². The number of likely N-dealkylation sites (N-methyl/N-ethyl adjacent to an activating group) is 1. The van der Waals surface area contributed by atoms with E-state index in [0.29, 0.717) is 42.8 Å². The number of unbranched alkanes of at least 4 members (excludes halogenated alkanes) is 2. The van der Waals surface area contributed by atoms with Crippen LogP contribution in [0.15, 0.2) is 40.2 Å². The third kappa shape index (κ3) is 22.4. The summed E-state index contributed by atoms with van der Waals surface area (Å²) in [6.07, 6.45) is 1.78. The normalized spacial score (nSPS) is 18.1. The summed E-state index contributed by atoms with van der Waals surface area (Å²) in [5.41, 5.74) is 11.3. The average Bonchev–Trinajstić information content (AvgIpc) is 3.61. The molecule has 0 spiro atoms. The number of benzene rings is 1. The Morgan fingerprint density at radius 1 is 0.784 bits per heavy atom. The van der Waals surface area contributed by atoms with Crippen LogP contribution in [0.2, 0.25) is 0 Å². The van der Waals surface area contributed by atoms with Crippen molar-refractivity contribution in [2.45, 2.75) is 139 Å². The lowest BCUT2D eigenvalue weighted by atomic mass is 9.97. The van der Waals surface area contributed by atoms with Gasteiger partial charge in [-0.2, -0.15) is 0 Å². The molecule has 5 unspecified atom stereocenters. The number of phenols is 1. The molecule has 1 saturated heterocycles. The fourth-order valence-electron chi connectivity index (χ4n) is 7.72. The molecule has 410 valence electrons. The Bertz CT molecular complexity index is 2250. The molecule has 3 rings (SSSR count). The van der Waals surface area contributed by atoms with Crippen LogP contribution in [0.3, 0.4) is 0 Å². The fraction of sp³-hybridized carbons (Fsp3) is 0.583. The summed E-state index contributed by atoms with van der Waals surface area (Å²) < 4.78 is 1.20. The molecule has 74 heavy (non-hydrogen) atoms. The van der Waals surface area contributed by atoms with Gasteiger partial charge in [-0.3, -0.25) is 52.7 Å². The number of nitrogens with zero attached hydrogens (tertiary/aromatic N) is 2. The summed E-state index contributed by atoms with van der Waals surface area (Å²) in [7, 11) is 0. The molecule has 5 atom stereocenters. The van der Waals surface area contributed by atoms with Crippen molar-refractivity contribution in [2.24, 2.45) is 22.4 Å². The molecule has 26 heteroatoms. The van der Waals surface area contributed by atoms with Crippen molar-refractivity contribution in [3.05, 3.63) is 35.9 Å². The molecule has 2 heterocycles. The summed E-state index contributed by atoms with van der Waals surface area (Å²) in [5, 5.41) is 61.9. The number of aliphatic imine (C=N–C) groups is 1. The SMILES string of the molecule is CCNC(CCCCNC(=O)CCn1c(O)cc(SCCC(=O)NCCCCC2NC(=O)C(CCCN=C(N)N)NC(=O)CNC(=O)C(CC(=O)O)NC(=O)C(Cc3ccc(O)cc3)NC2=O)c1O)C(=O)C(C)C. The lowest BCUT2D eigenvalue weighted by Gasteiger charge is -2.26. The highest BCUT2D eigenvalue weighted by Gasteiger charge is 2.33. The minimum atomic E-state index is -1.67. The maximum atomic E-state index is 14.1. The zero-order valence-corrected chi connectivity index (χ0v) is 43.0. The summed E-state index contributed by atoms with van der Waals surface area (Å²) in [6, 6.07) is 1.14. The van der Waals surface area contributed by atoms with Gasteiger partial charge >= 0.3 is 5.97 Å². The largest absolute Gasteiger partial charge is 0.508 e. The highest BCUT2D eigenvalue weighted by atomic mass is 32.2. The van der Waals surface area contributed by atoms with Gasteiger partial charge in [0.1, 0.15) is 29.9 Å². The van der Waals surface area contributed by atoms with Crippen molar-refractivity contribution < 1.29 is 63.6 Å². The molecule has 0 saturated carbocycles. The van der Waals surface area contributed by atoms with Gasteiger partial charge in [0.2, 0.25) is 47.2 Å². The zero-order valence-electron chi connectivity index (χ0n) is 42.2. The predicted molar refractivity (Wildman–Crippen MR) is 273 cm³/mol. The second-order valence-corrected chi connectivity index (χ2v) is 19.1. The van der Waals surface area contributed by atoms with Crippen molar-refractivity contribution in [3.63, 3.8) is 0 Å². The molecular formula is C48H74N12O13S. The molecule has 1 fully saturated rings. The van der Waals surface area contributed by atoms with E-state index < -0.39 is 72.6 Å². The van der Waals surface area contributed by atoms with Gasteiger partial charge in [0, 0.05) is 63.2 Å². The molecule has 0 aliphatic carbocycles. The summed E-state index contributed by atoms with van der Waals surface area (Å²) in [5.74, 6) is -6.95. The first-order valence-electron chi connectivity index (χ1n) is 24.8. The number of hydrogen-bond acceptors (Lipinski definition) is 15. The number of aromatic nitrogens is 1. The Kier molecular flexibility index (Phi) is 26.6. The van der Waals surface area contributed by atoms with Gasteiger partial charge < -0.3 is 74.4 Å². The van der Waals surface area contributed by atoms with Crippen LogP contribution in [-0.2, 0) is 56.1 Å². The number of nitrogens with one attached hydrogen (secondary N) is 8. The molecule has 1 aromatic heterocycles. The zero-order chi connectivity index (χ0) is 54.7. The van der Waals surface area contributed by atoms with E-state index >= 15 is 0 Å². The second-order valence-electron chi connectivity index (χ2n) is 18.0. The molecular weight excluding hydrogens is 985 g/mol.